The maximum atomic E-state index is 13.8. The van der Waals surface area contributed by atoms with E-state index in [1.165, 1.54) is 16.2 Å². The molecular weight excluding hydrogens is 440 g/mol. The molecule has 1 N–H and O–H groups in total. The lowest BCUT2D eigenvalue weighted by Gasteiger charge is -2.34. The Labute approximate surface area is 197 Å². The summed E-state index contributed by atoms with van der Waals surface area (Å²) in [6.45, 7) is 4.95. The summed E-state index contributed by atoms with van der Waals surface area (Å²) >= 11 is 1.44. The molecule has 0 bridgehead atoms. The zero-order chi connectivity index (χ0) is 23.2. The molecule has 1 aliphatic heterocycles. The minimum absolute atomic E-state index is 0.0661. The fraction of sp³-hybridized carbons (Fsp3) is 0.360. The molecule has 0 radical (unpaired) electrons. The van der Waals surface area contributed by atoms with Crippen molar-refractivity contribution in [3.05, 3.63) is 70.8 Å². The van der Waals surface area contributed by atoms with Crippen LogP contribution in [-0.4, -0.2) is 36.0 Å². The molecule has 0 saturated heterocycles. The molecule has 1 aliphatic rings. The van der Waals surface area contributed by atoms with Crippen molar-refractivity contribution in [2.45, 2.75) is 39.0 Å². The number of hydrogen-bond donors (Lipinski definition) is 1. The fourth-order valence-electron chi connectivity index (χ4n) is 3.64. The van der Waals surface area contributed by atoms with Crippen molar-refractivity contribution >= 4 is 23.2 Å². The Morgan fingerprint density at radius 1 is 1.12 bits per heavy atom. The number of nitrogens with one attached hydrogen (secondary N) is 1. The van der Waals surface area contributed by atoms with Gasteiger partial charge in [0.25, 0.3) is 5.91 Å². The number of furan rings is 1. The number of carbonyl (C=O) groups is 2. The molecule has 0 fully saturated rings. The van der Waals surface area contributed by atoms with Crippen LogP contribution in [0.4, 0.5) is 0 Å². The second kappa shape index (κ2) is 10.6. The van der Waals surface area contributed by atoms with Crippen LogP contribution in [0.15, 0.2) is 64.6 Å². The third kappa shape index (κ3) is 5.57. The van der Waals surface area contributed by atoms with E-state index in [9.17, 15) is 9.59 Å². The second-order valence-electron chi connectivity index (χ2n) is 8.30. The normalized spacial score (nSPS) is 15.8. The number of fused-ring (bicyclic) bond motifs is 1. The third-order valence-corrected chi connectivity index (χ3v) is 6.29. The minimum Gasteiger partial charge on any atom is -0.485 e. The van der Waals surface area contributed by atoms with Gasteiger partial charge in [-0.25, -0.2) is 0 Å². The fourth-order valence-corrected chi connectivity index (χ4v) is 4.48. The van der Waals surface area contributed by atoms with Crippen molar-refractivity contribution in [3.8, 4) is 11.5 Å². The highest BCUT2D eigenvalue weighted by atomic mass is 32.1. The highest BCUT2D eigenvalue weighted by molar-refractivity contribution is 7.10. The van der Waals surface area contributed by atoms with Crippen LogP contribution in [-0.2, 0) is 16.1 Å². The molecule has 0 aliphatic carbocycles. The molecule has 2 aromatic heterocycles. The number of amides is 2. The molecule has 0 spiro atoms. The van der Waals surface area contributed by atoms with E-state index >= 15 is 0 Å². The van der Waals surface area contributed by atoms with E-state index in [2.05, 4.69) is 19.2 Å². The van der Waals surface area contributed by atoms with Crippen LogP contribution in [0.25, 0.3) is 0 Å². The summed E-state index contributed by atoms with van der Waals surface area (Å²) in [6.07, 6.45) is 1.53. The highest BCUT2D eigenvalue weighted by Gasteiger charge is 2.39. The Bertz CT molecular complexity index is 1050. The van der Waals surface area contributed by atoms with Gasteiger partial charge >= 0.3 is 0 Å². The van der Waals surface area contributed by atoms with Crippen molar-refractivity contribution in [3.63, 3.8) is 0 Å². The summed E-state index contributed by atoms with van der Waals surface area (Å²) in [5, 5.41) is 4.91. The number of nitrogens with zero attached hydrogens (tertiary/aromatic N) is 1. The minimum atomic E-state index is -0.874. The van der Waals surface area contributed by atoms with E-state index in [0.29, 0.717) is 29.7 Å². The molecule has 2 amide bonds. The van der Waals surface area contributed by atoms with E-state index in [1.807, 2.05) is 29.6 Å². The smallest absolute Gasteiger partial charge is 0.268 e. The Hall–Kier alpha value is -3.26. The number of carbonyl (C=O) groups excluding carboxylic acids is 2. The first-order valence-corrected chi connectivity index (χ1v) is 11.9. The molecule has 8 heteroatoms. The number of rotatable bonds is 9. The summed E-state index contributed by atoms with van der Waals surface area (Å²) in [6, 6.07) is 13.7. The Balaban J connectivity index is 1.62. The molecule has 2 atom stereocenters. The summed E-state index contributed by atoms with van der Waals surface area (Å²) in [5.41, 5.74) is 0. The zero-order valence-electron chi connectivity index (χ0n) is 18.7. The lowest BCUT2D eigenvalue weighted by atomic mass is 10.1. The van der Waals surface area contributed by atoms with Gasteiger partial charge in [-0.1, -0.05) is 32.0 Å². The third-order valence-electron chi connectivity index (χ3n) is 5.37. The second-order valence-corrected chi connectivity index (χ2v) is 9.28. The molecule has 7 nitrogen and oxygen atoms in total. The molecule has 0 saturated carbocycles. The molecule has 3 aromatic rings. The van der Waals surface area contributed by atoms with Gasteiger partial charge in [0.15, 0.2) is 11.5 Å². The van der Waals surface area contributed by atoms with Crippen LogP contribution >= 0.6 is 11.3 Å². The molecule has 3 heterocycles. The average molecular weight is 469 g/mol. The van der Waals surface area contributed by atoms with Gasteiger partial charge in [-0.15, -0.1) is 11.3 Å². The standard InChI is InChI=1S/C25H28N2O5S/c1-17(2)11-12-26-24(28)23(22-10-6-14-33-22)27(15-18-7-5-13-30-18)25(29)21-16-31-19-8-3-4-9-20(19)32-21/h3-10,13-14,17,21,23H,11-12,15-16H2,1-2H3,(H,26,28)/t21-,23-/m0/s1. The van der Waals surface area contributed by atoms with Crippen LogP contribution in [0.1, 0.15) is 36.9 Å². The first-order chi connectivity index (χ1) is 16.0. The quantitative estimate of drug-likeness (QED) is 0.503. The maximum absolute atomic E-state index is 13.8. The van der Waals surface area contributed by atoms with Crippen molar-refractivity contribution in [2.24, 2.45) is 5.92 Å². The van der Waals surface area contributed by atoms with E-state index in [-0.39, 0.29) is 25.0 Å². The van der Waals surface area contributed by atoms with Crippen molar-refractivity contribution in [2.75, 3.05) is 13.2 Å². The number of para-hydroxylation sites is 2. The molecular formula is C25H28N2O5S. The van der Waals surface area contributed by atoms with Crippen molar-refractivity contribution in [1.29, 1.82) is 0 Å². The number of benzene rings is 1. The average Bonchev–Trinajstić information content (AvgIpc) is 3.52. The lowest BCUT2D eigenvalue weighted by Crippen LogP contribution is -2.50. The van der Waals surface area contributed by atoms with E-state index in [4.69, 9.17) is 13.9 Å². The highest BCUT2D eigenvalue weighted by Crippen LogP contribution is 2.33. The van der Waals surface area contributed by atoms with Crippen LogP contribution in [0.2, 0.25) is 0 Å². The van der Waals surface area contributed by atoms with Crippen molar-refractivity contribution in [1.82, 2.24) is 10.2 Å². The number of ether oxygens (including phenoxy) is 2. The van der Waals surface area contributed by atoms with Crippen LogP contribution in [0.3, 0.4) is 0 Å². The predicted octanol–water partition coefficient (Wildman–Crippen LogP) is 4.41. The Kier molecular flexibility index (Phi) is 7.34. The predicted molar refractivity (Wildman–Crippen MR) is 125 cm³/mol. The zero-order valence-corrected chi connectivity index (χ0v) is 19.5. The Morgan fingerprint density at radius 2 is 1.94 bits per heavy atom. The molecule has 174 valence electrons. The molecule has 4 rings (SSSR count). The van der Waals surface area contributed by atoms with E-state index in [0.717, 1.165) is 11.3 Å². The van der Waals surface area contributed by atoms with Gasteiger partial charge in [-0.2, -0.15) is 0 Å². The monoisotopic (exact) mass is 468 g/mol. The first-order valence-electron chi connectivity index (χ1n) is 11.1. The number of hydrogen-bond acceptors (Lipinski definition) is 6. The summed E-state index contributed by atoms with van der Waals surface area (Å²) < 4.78 is 17.3. The largest absolute Gasteiger partial charge is 0.485 e. The van der Waals surface area contributed by atoms with Gasteiger partial charge in [-0.05, 0) is 48.1 Å². The van der Waals surface area contributed by atoms with Crippen LogP contribution in [0, 0.1) is 5.92 Å². The molecule has 0 unspecified atom stereocenters. The van der Waals surface area contributed by atoms with E-state index in [1.54, 1.807) is 30.5 Å². The van der Waals surface area contributed by atoms with Crippen molar-refractivity contribution < 1.29 is 23.5 Å². The van der Waals surface area contributed by atoms with Gasteiger partial charge in [0.05, 0.1) is 12.8 Å². The molecule has 1 aromatic carbocycles. The summed E-state index contributed by atoms with van der Waals surface area (Å²) in [7, 11) is 0. The lowest BCUT2D eigenvalue weighted by molar-refractivity contribution is -0.149. The topological polar surface area (TPSA) is 81.0 Å². The summed E-state index contributed by atoms with van der Waals surface area (Å²) in [5.74, 6) is 1.58. The van der Waals surface area contributed by atoms with Crippen LogP contribution < -0.4 is 14.8 Å². The van der Waals surface area contributed by atoms with Gasteiger partial charge in [0.2, 0.25) is 12.0 Å². The van der Waals surface area contributed by atoms with Gasteiger partial charge < -0.3 is 24.1 Å². The van der Waals surface area contributed by atoms with Gasteiger partial charge in [0.1, 0.15) is 18.4 Å². The summed E-state index contributed by atoms with van der Waals surface area (Å²) in [4.78, 5) is 29.4. The SMILES string of the molecule is CC(C)CCNC(=O)[C@H](c1cccs1)N(Cc1ccco1)C(=O)[C@@H]1COc2ccccc2O1. The van der Waals surface area contributed by atoms with Gasteiger partial charge in [-0.3, -0.25) is 9.59 Å². The first kappa shape index (κ1) is 22.9. The van der Waals surface area contributed by atoms with Crippen LogP contribution in [0.5, 0.6) is 11.5 Å². The Morgan fingerprint density at radius 3 is 2.64 bits per heavy atom. The van der Waals surface area contributed by atoms with E-state index < -0.39 is 12.1 Å². The molecule has 33 heavy (non-hydrogen) atoms. The maximum Gasteiger partial charge on any atom is 0.268 e. The number of thiophene rings is 1. The van der Waals surface area contributed by atoms with Gasteiger partial charge in [0, 0.05) is 11.4 Å².